The van der Waals surface area contributed by atoms with Gasteiger partial charge in [0.1, 0.15) is 0 Å². The molecule has 122 valence electrons. The molecular formula is C16H25N3OS2. The molecule has 1 aromatic heterocycles. The highest BCUT2D eigenvalue weighted by Crippen LogP contribution is 2.32. The molecule has 4 nitrogen and oxygen atoms in total. The molecule has 2 amide bonds. The van der Waals surface area contributed by atoms with E-state index in [9.17, 15) is 4.79 Å². The highest BCUT2D eigenvalue weighted by atomic mass is 32.2. The van der Waals surface area contributed by atoms with Gasteiger partial charge in [0.2, 0.25) is 0 Å². The van der Waals surface area contributed by atoms with E-state index in [2.05, 4.69) is 22.1 Å². The Bertz CT molecular complexity index is 466. The molecule has 0 aromatic carbocycles. The number of urea groups is 1. The van der Waals surface area contributed by atoms with E-state index in [1.54, 1.807) is 6.20 Å². The molecule has 3 rings (SSSR count). The lowest BCUT2D eigenvalue weighted by molar-refractivity contribution is 0.119. The van der Waals surface area contributed by atoms with Crippen molar-refractivity contribution >= 4 is 34.3 Å². The third-order valence-corrected chi connectivity index (χ3v) is 6.58. The molecule has 0 radical (unpaired) electrons. The first kappa shape index (κ1) is 16.1. The number of thioether (sulfide) groups is 1. The van der Waals surface area contributed by atoms with E-state index >= 15 is 0 Å². The van der Waals surface area contributed by atoms with E-state index in [-0.39, 0.29) is 6.03 Å². The molecule has 1 aliphatic heterocycles. The summed E-state index contributed by atoms with van der Waals surface area (Å²) in [5.74, 6) is 3.16. The zero-order chi connectivity index (χ0) is 15.4. The third-order valence-electron chi connectivity index (χ3n) is 4.84. The van der Waals surface area contributed by atoms with Crippen molar-refractivity contribution in [2.75, 3.05) is 16.8 Å². The van der Waals surface area contributed by atoms with E-state index in [1.165, 1.54) is 35.7 Å². The Morgan fingerprint density at radius 2 is 1.86 bits per heavy atom. The number of nitrogens with zero attached hydrogens (tertiary/aromatic N) is 2. The third kappa shape index (κ3) is 3.96. The number of carbonyl (C=O) groups excluding carboxylic acids is 1. The number of rotatable bonds is 3. The maximum atomic E-state index is 12.9. The number of carbonyl (C=O) groups is 1. The predicted molar refractivity (Wildman–Crippen MR) is 94.7 cm³/mol. The monoisotopic (exact) mass is 339 g/mol. The van der Waals surface area contributed by atoms with Gasteiger partial charge in [-0.05, 0) is 55.9 Å². The van der Waals surface area contributed by atoms with Gasteiger partial charge < -0.3 is 4.90 Å². The van der Waals surface area contributed by atoms with Crippen LogP contribution >= 0.6 is 23.1 Å². The molecule has 1 aliphatic carbocycles. The molecule has 2 heterocycles. The number of nitrogens with one attached hydrogen (secondary N) is 1. The van der Waals surface area contributed by atoms with Gasteiger partial charge in [-0.1, -0.05) is 6.92 Å². The summed E-state index contributed by atoms with van der Waals surface area (Å²) in [7, 11) is 0. The van der Waals surface area contributed by atoms with Gasteiger partial charge in [-0.3, -0.25) is 5.32 Å². The van der Waals surface area contributed by atoms with E-state index in [0.717, 1.165) is 31.6 Å². The van der Waals surface area contributed by atoms with Crippen LogP contribution in [0.3, 0.4) is 0 Å². The van der Waals surface area contributed by atoms with Gasteiger partial charge in [-0.15, -0.1) is 11.3 Å². The quantitative estimate of drug-likeness (QED) is 0.885. The van der Waals surface area contributed by atoms with Crippen molar-refractivity contribution in [2.45, 2.75) is 57.5 Å². The van der Waals surface area contributed by atoms with Gasteiger partial charge in [0.05, 0.1) is 0 Å². The zero-order valence-electron chi connectivity index (χ0n) is 13.2. The fraction of sp³-hybridized carbons (Fsp3) is 0.750. The highest BCUT2D eigenvalue weighted by molar-refractivity contribution is 7.99. The fourth-order valence-corrected chi connectivity index (χ4v) is 5.16. The maximum Gasteiger partial charge on any atom is 0.324 e. The predicted octanol–water partition coefficient (Wildman–Crippen LogP) is 4.45. The van der Waals surface area contributed by atoms with Crippen LogP contribution in [-0.2, 0) is 0 Å². The summed E-state index contributed by atoms with van der Waals surface area (Å²) in [4.78, 5) is 19.2. The number of hydrogen-bond donors (Lipinski definition) is 1. The summed E-state index contributed by atoms with van der Waals surface area (Å²) in [5.41, 5.74) is 0. The van der Waals surface area contributed by atoms with Crippen LogP contribution in [0.5, 0.6) is 0 Å². The molecule has 6 heteroatoms. The largest absolute Gasteiger partial charge is 0.324 e. The standard InChI is InChI=1S/C16H25N3OS2/c1-12-2-4-13(5-3-12)19(14-6-9-21-10-7-14)16(20)18-15-17-8-11-22-15/h8,11-14H,2-7,9-10H2,1H3,(H,17,18,20). The molecule has 0 unspecified atom stereocenters. The first-order valence-electron chi connectivity index (χ1n) is 8.30. The first-order chi connectivity index (χ1) is 10.7. The number of thiazole rings is 1. The topological polar surface area (TPSA) is 45.2 Å². The number of anilines is 1. The fourth-order valence-electron chi connectivity index (χ4n) is 3.55. The molecule has 1 saturated heterocycles. The van der Waals surface area contributed by atoms with E-state index in [1.807, 2.05) is 17.1 Å². The van der Waals surface area contributed by atoms with Crippen LogP contribution < -0.4 is 5.32 Å². The van der Waals surface area contributed by atoms with Gasteiger partial charge in [0.15, 0.2) is 5.13 Å². The van der Waals surface area contributed by atoms with Crippen LogP contribution in [0.2, 0.25) is 0 Å². The van der Waals surface area contributed by atoms with Crippen molar-refractivity contribution < 1.29 is 4.79 Å². The van der Waals surface area contributed by atoms with Gasteiger partial charge in [-0.2, -0.15) is 11.8 Å². The molecular weight excluding hydrogens is 314 g/mol. The Kier molecular flexibility index (Phi) is 5.63. The normalized spacial score (nSPS) is 26.6. The van der Waals surface area contributed by atoms with Crippen LogP contribution in [0.1, 0.15) is 45.4 Å². The molecule has 22 heavy (non-hydrogen) atoms. The smallest absolute Gasteiger partial charge is 0.318 e. The van der Waals surface area contributed by atoms with Crippen LogP contribution in [0.25, 0.3) is 0 Å². The minimum atomic E-state index is 0.0615. The second-order valence-corrected chi connectivity index (χ2v) is 8.55. The summed E-state index contributed by atoms with van der Waals surface area (Å²) in [6.45, 7) is 2.33. The van der Waals surface area contributed by atoms with Crippen molar-refractivity contribution in [1.29, 1.82) is 0 Å². The van der Waals surface area contributed by atoms with Crippen LogP contribution in [-0.4, -0.2) is 39.5 Å². The Morgan fingerprint density at radius 1 is 1.18 bits per heavy atom. The van der Waals surface area contributed by atoms with Gasteiger partial charge in [0.25, 0.3) is 0 Å². The van der Waals surface area contributed by atoms with E-state index in [0.29, 0.717) is 17.2 Å². The minimum absolute atomic E-state index is 0.0615. The molecule has 0 bridgehead atoms. The molecule has 1 N–H and O–H groups in total. The number of aromatic nitrogens is 1. The van der Waals surface area contributed by atoms with Crippen LogP contribution in [0, 0.1) is 5.92 Å². The first-order valence-corrected chi connectivity index (χ1v) is 10.3. The second kappa shape index (κ2) is 7.68. The minimum Gasteiger partial charge on any atom is -0.318 e. The summed E-state index contributed by atoms with van der Waals surface area (Å²) >= 11 is 3.50. The van der Waals surface area contributed by atoms with Gasteiger partial charge in [0, 0.05) is 23.7 Å². The lowest BCUT2D eigenvalue weighted by Gasteiger charge is -2.42. The van der Waals surface area contributed by atoms with E-state index in [4.69, 9.17) is 0 Å². The molecule has 1 saturated carbocycles. The molecule has 2 fully saturated rings. The maximum absolute atomic E-state index is 12.9. The zero-order valence-corrected chi connectivity index (χ0v) is 14.8. The van der Waals surface area contributed by atoms with Crippen molar-refractivity contribution in [3.8, 4) is 0 Å². The van der Waals surface area contributed by atoms with Crippen LogP contribution in [0.4, 0.5) is 9.93 Å². The van der Waals surface area contributed by atoms with Crippen LogP contribution in [0.15, 0.2) is 11.6 Å². The summed E-state index contributed by atoms with van der Waals surface area (Å²) < 4.78 is 0. The van der Waals surface area contributed by atoms with Gasteiger partial charge in [-0.25, -0.2) is 9.78 Å². The second-order valence-electron chi connectivity index (χ2n) is 6.43. The number of hydrogen-bond acceptors (Lipinski definition) is 4. The summed E-state index contributed by atoms with van der Waals surface area (Å²) in [6.07, 6.45) is 8.78. The highest BCUT2D eigenvalue weighted by Gasteiger charge is 2.33. The lowest BCUT2D eigenvalue weighted by atomic mass is 9.86. The Morgan fingerprint density at radius 3 is 2.50 bits per heavy atom. The SMILES string of the molecule is CC1CCC(N(C(=O)Nc2nccs2)C2CCSCC2)CC1. The molecule has 1 aromatic rings. The van der Waals surface area contributed by atoms with Gasteiger partial charge >= 0.3 is 6.03 Å². The summed E-state index contributed by atoms with van der Waals surface area (Å²) in [6, 6.07) is 0.871. The van der Waals surface area contributed by atoms with Crippen molar-refractivity contribution in [3.05, 3.63) is 11.6 Å². The van der Waals surface area contributed by atoms with Crippen molar-refractivity contribution in [1.82, 2.24) is 9.88 Å². The Balaban J connectivity index is 1.71. The Labute approximate surface area is 141 Å². The molecule has 0 spiro atoms. The summed E-state index contributed by atoms with van der Waals surface area (Å²) in [5, 5.41) is 5.63. The van der Waals surface area contributed by atoms with Crippen molar-refractivity contribution in [2.24, 2.45) is 5.92 Å². The average molecular weight is 340 g/mol. The number of amides is 2. The van der Waals surface area contributed by atoms with Crippen molar-refractivity contribution in [3.63, 3.8) is 0 Å². The molecule has 2 aliphatic rings. The average Bonchev–Trinajstić information content (AvgIpc) is 3.03. The molecule has 0 atom stereocenters. The Hall–Kier alpha value is -0.750. The lowest BCUT2D eigenvalue weighted by Crippen LogP contribution is -2.51. The van der Waals surface area contributed by atoms with E-state index < -0.39 is 0 Å².